The Morgan fingerprint density at radius 2 is 2.10 bits per heavy atom. The van der Waals surface area contributed by atoms with Crippen molar-refractivity contribution in [3.63, 3.8) is 0 Å². The first-order valence-corrected chi connectivity index (χ1v) is 8.38. The quantitative estimate of drug-likeness (QED) is 0.812. The predicted molar refractivity (Wildman–Crippen MR) is 81.6 cm³/mol. The van der Waals surface area contributed by atoms with E-state index in [-0.39, 0.29) is 16.8 Å². The molecule has 0 saturated carbocycles. The first-order chi connectivity index (χ1) is 9.70. The van der Waals surface area contributed by atoms with Crippen molar-refractivity contribution in [2.45, 2.75) is 30.7 Å². The topological polar surface area (TPSA) is 92.5 Å². The van der Waals surface area contributed by atoms with Crippen LogP contribution in [0.2, 0.25) is 5.02 Å². The van der Waals surface area contributed by atoms with Crippen molar-refractivity contribution in [2.24, 2.45) is 0 Å². The standard InChI is InChI=1S/C13H18ClN3O3S/c1-8-11(14)5-10(6-12(8)15)21(19,20)16-9-3-4-13(18)17(2)7-9/h5-6,9,16H,3-4,7,15H2,1-2H3. The maximum absolute atomic E-state index is 12.4. The molecule has 1 aromatic rings. The lowest BCUT2D eigenvalue weighted by Crippen LogP contribution is -2.48. The van der Waals surface area contributed by atoms with E-state index in [0.29, 0.717) is 35.7 Å². The summed E-state index contributed by atoms with van der Waals surface area (Å²) in [7, 11) is -2.06. The third-order valence-corrected chi connectivity index (χ3v) is 5.51. The van der Waals surface area contributed by atoms with E-state index < -0.39 is 10.0 Å². The van der Waals surface area contributed by atoms with Gasteiger partial charge in [0.2, 0.25) is 15.9 Å². The van der Waals surface area contributed by atoms with E-state index in [2.05, 4.69) is 4.72 Å². The average molecular weight is 332 g/mol. The molecule has 1 unspecified atom stereocenters. The molecule has 0 radical (unpaired) electrons. The van der Waals surface area contributed by atoms with Crippen LogP contribution < -0.4 is 10.5 Å². The maximum atomic E-state index is 12.4. The average Bonchev–Trinajstić information content (AvgIpc) is 2.39. The van der Waals surface area contributed by atoms with Gasteiger partial charge in [-0.2, -0.15) is 0 Å². The van der Waals surface area contributed by atoms with Crippen molar-refractivity contribution in [3.05, 3.63) is 22.7 Å². The number of amides is 1. The van der Waals surface area contributed by atoms with Crippen molar-refractivity contribution in [1.29, 1.82) is 0 Å². The fourth-order valence-electron chi connectivity index (χ4n) is 2.23. The van der Waals surface area contributed by atoms with E-state index in [1.807, 2.05) is 0 Å². The van der Waals surface area contributed by atoms with Gasteiger partial charge in [-0.25, -0.2) is 13.1 Å². The number of rotatable bonds is 3. The number of anilines is 1. The summed E-state index contributed by atoms with van der Waals surface area (Å²) in [4.78, 5) is 13.0. The highest BCUT2D eigenvalue weighted by molar-refractivity contribution is 7.89. The Kier molecular flexibility index (Phi) is 4.46. The van der Waals surface area contributed by atoms with Gasteiger partial charge < -0.3 is 10.6 Å². The Balaban J connectivity index is 2.21. The number of hydrogen-bond donors (Lipinski definition) is 2. The summed E-state index contributed by atoms with van der Waals surface area (Å²) in [5.74, 6) is 0.0214. The number of nitrogen functional groups attached to an aromatic ring is 1. The minimum absolute atomic E-state index is 0.0214. The number of likely N-dealkylation sites (N-methyl/N-ethyl adjacent to an activating group) is 1. The molecule has 0 aliphatic carbocycles. The summed E-state index contributed by atoms with van der Waals surface area (Å²) in [6.07, 6.45) is 0.817. The summed E-state index contributed by atoms with van der Waals surface area (Å²) in [5, 5.41) is 0.311. The third-order valence-electron chi connectivity index (χ3n) is 3.62. The molecule has 116 valence electrons. The molecule has 1 heterocycles. The Hall–Kier alpha value is -1.31. The van der Waals surface area contributed by atoms with Crippen LogP contribution >= 0.6 is 11.6 Å². The van der Waals surface area contributed by atoms with Gasteiger partial charge in [-0.1, -0.05) is 11.6 Å². The van der Waals surface area contributed by atoms with Crippen LogP contribution in [0.5, 0.6) is 0 Å². The lowest BCUT2D eigenvalue weighted by Gasteiger charge is -2.30. The first kappa shape index (κ1) is 16.1. The summed E-state index contributed by atoms with van der Waals surface area (Å²) in [6, 6.07) is 2.47. The number of likely N-dealkylation sites (tertiary alicyclic amines) is 1. The van der Waals surface area contributed by atoms with Crippen molar-refractivity contribution in [3.8, 4) is 0 Å². The highest BCUT2D eigenvalue weighted by atomic mass is 35.5. The number of carbonyl (C=O) groups excluding carboxylic acids is 1. The largest absolute Gasteiger partial charge is 0.398 e. The van der Waals surface area contributed by atoms with Crippen molar-refractivity contribution in [2.75, 3.05) is 19.3 Å². The highest BCUT2D eigenvalue weighted by Crippen LogP contribution is 2.26. The zero-order valence-corrected chi connectivity index (χ0v) is 13.5. The highest BCUT2D eigenvalue weighted by Gasteiger charge is 2.27. The number of piperidine rings is 1. The molecule has 1 fully saturated rings. The van der Waals surface area contributed by atoms with Gasteiger partial charge in [-0.05, 0) is 31.0 Å². The molecule has 0 bridgehead atoms. The lowest BCUT2D eigenvalue weighted by molar-refractivity contribution is -0.132. The van der Waals surface area contributed by atoms with Crippen molar-refractivity contribution in [1.82, 2.24) is 9.62 Å². The predicted octanol–water partition coefficient (Wildman–Crippen LogP) is 1.13. The number of sulfonamides is 1. The zero-order valence-electron chi connectivity index (χ0n) is 11.9. The van der Waals surface area contributed by atoms with E-state index >= 15 is 0 Å². The number of nitrogens with two attached hydrogens (primary N) is 1. The van der Waals surface area contributed by atoms with Crippen LogP contribution in [0.3, 0.4) is 0 Å². The van der Waals surface area contributed by atoms with Crippen LogP contribution in [0.1, 0.15) is 18.4 Å². The summed E-state index contributed by atoms with van der Waals surface area (Å²) >= 11 is 5.99. The maximum Gasteiger partial charge on any atom is 0.241 e. The molecule has 6 nitrogen and oxygen atoms in total. The molecule has 8 heteroatoms. The van der Waals surface area contributed by atoms with Crippen LogP contribution in [-0.4, -0.2) is 38.9 Å². The fraction of sp³-hybridized carbons (Fsp3) is 0.462. The summed E-state index contributed by atoms with van der Waals surface area (Å²) in [5.41, 5.74) is 6.75. The van der Waals surface area contributed by atoms with Crippen LogP contribution in [0.25, 0.3) is 0 Å². The molecule has 1 aliphatic heterocycles. The van der Waals surface area contributed by atoms with Gasteiger partial charge in [0.05, 0.1) is 4.90 Å². The molecule has 2 rings (SSSR count). The SMILES string of the molecule is Cc1c(N)cc(S(=O)(=O)NC2CCC(=O)N(C)C2)cc1Cl. The Morgan fingerprint density at radius 3 is 2.67 bits per heavy atom. The number of halogens is 1. The van der Waals surface area contributed by atoms with Crippen LogP contribution in [0.4, 0.5) is 5.69 Å². The third kappa shape index (κ3) is 3.48. The van der Waals surface area contributed by atoms with Gasteiger partial charge in [0, 0.05) is 36.8 Å². The molecule has 3 N–H and O–H groups in total. The summed E-state index contributed by atoms with van der Waals surface area (Å²) < 4.78 is 27.4. The number of benzene rings is 1. The molecular formula is C13H18ClN3O3S. The van der Waals surface area contributed by atoms with Crippen LogP contribution in [-0.2, 0) is 14.8 Å². The van der Waals surface area contributed by atoms with Gasteiger partial charge in [0.25, 0.3) is 0 Å². The molecule has 1 amide bonds. The second kappa shape index (κ2) is 5.82. The van der Waals surface area contributed by atoms with E-state index in [1.165, 1.54) is 17.0 Å². The number of carbonyl (C=O) groups is 1. The molecule has 1 aliphatic rings. The monoisotopic (exact) mass is 331 g/mol. The van der Waals surface area contributed by atoms with Crippen molar-refractivity contribution >= 4 is 33.2 Å². The Bertz CT molecular complexity index is 652. The zero-order chi connectivity index (χ0) is 15.8. The first-order valence-electron chi connectivity index (χ1n) is 6.52. The van der Waals surface area contributed by atoms with E-state index in [1.54, 1.807) is 14.0 Å². The Morgan fingerprint density at radius 1 is 1.43 bits per heavy atom. The van der Waals surface area contributed by atoms with Gasteiger partial charge >= 0.3 is 0 Å². The number of hydrogen-bond acceptors (Lipinski definition) is 4. The van der Waals surface area contributed by atoms with Gasteiger partial charge in [-0.3, -0.25) is 4.79 Å². The van der Waals surface area contributed by atoms with Gasteiger partial charge in [0.1, 0.15) is 0 Å². The van der Waals surface area contributed by atoms with E-state index in [4.69, 9.17) is 17.3 Å². The second-order valence-corrected chi connectivity index (χ2v) is 7.37. The number of nitrogens with one attached hydrogen (secondary N) is 1. The molecule has 0 spiro atoms. The van der Waals surface area contributed by atoms with E-state index in [9.17, 15) is 13.2 Å². The van der Waals surface area contributed by atoms with Gasteiger partial charge in [0.15, 0.2) is 0 Å². The normalized spacial score (nSPS) is 19.9. The van der Waals surface area contributed by atoms with Crippen LogP contribution in [0, 0.1) is 6.92 Å². The molecule has 1 aromatic carbocycles. The molecule has 0 aromatic heterocycles. The minimum Gasteiger partial charge on any atom is -0.398 e. The van der Waals surface area contributed by atoms with Crippen molar-refractivity contribution < 1.29 is 13.2 Å². The molecule has 1 atom stereocenters. The number of nitrogens with zero attached hydrogens (tertiary/aromatic N) is 1. The molecule has 21 heavy (non-hydrogen) atoms. The molecule has 1 saturated heterocycles. The summed E-state index contributed by atoms with van der Waals surface area (Å²) in [6.45, 7) is 2.08. The minimum atomic E-state index is -3.71. The fourth-order valence-corrected chi connectivity index (χ4v) is 3.84. The lowest BCUT2D eigenvalue weighted by atomic mass is 10.1. The van der Waals surface area contributed by atoms with E-state index in [0.717, 1.165) is 0 Å². The van der Waals surface area contributed by atoms with Gasteiger partial charge in [-0.15, -0.1) is 0 Å². The molecular weight excluding hydrogens is 314 g/mol. The second-order valence-electron chi connectivity index (χ2n) is 5.25. The smallest absolute Gasteiger partial charge is 0.241 e. The van der Waals surface area contributed by atoms with Crippen LogP contribution in [0.15, 0.2) is 17.0 Å². The Labute approximate surface area is 129 Å².